The maximum Gasteiger partial charge on any atom is 0.286 e. The molecule has 0 bridgehead atoms. The molecule has 0 radical (unpaired) electrons. The Bertz CT molecular complexity index is 513. The minimum absolute atomic E-state index is 0.0670. The minimum atomic E-state index is -0.573. The summed E-state index contributed by atoms with van der Waals surface area (Å²) in [6, 6.07) is 0. The molecule has 0 aliphatic heterocycles. The van der Waals surface area contributed by atoms with Gasteiger partial charge in [-0.2, -0.15) is 5.10 Å². The molecule has 0 saturated carbocycles. The van der Waals surface area contributed by atoms with Gasteiger partial charge in [-0.1, -0.05) is 0 Å². The number of nitrogens with one attached hydrogen (secondary N) is 3. The fraction of sp³-hybridized carbons (Fsp3) is 0. The Kier molecular flexibility index (Phi) is 2.56. The predicted molar refractivity (Wildman–Crippen MR) is 57.3 cm³/mol. The lowest BCUT2D eigenvalue weighted by Gasteiger charge is -1.97. The number of carbonyl (C=O) groups excluding carboxylic acids is 2. The van der Waals surface area contributed by atoms with Crippen LogP contribution in [0.25, 0.3) is 10.2 Å². The zero-order valence-electron chi connectivity index (χ0n) is 7.90. The fourth-order valence-electron chi connectivity index (χ4n) is 1.32. The lowest BCUT2D eigenvalue weighted by atomic mass is 10.2. The van der Waals surface area contributed by atoms with Crippen molar-refractivity contribution >= 4 is 33.4 Å². The van der Waals surface area contributed by atoms with Crippen molar-refractivity contribution in [2.75, 3.05) is 0 Å². The summed E-state index contributed by atoms with van der Waals surface area (Å²) in [6.45, 7) is 0. The number of thiophene rings is 1. The number of hydrazine groups is 2. The molecule has 16 heavy (non-hydrogen) atoms. The molecule has 2 heterocycles. The van der Waals surface area contributed by atoms with Crippen molar-refractivity contribution in [3.05, 3.63) is 16.6 Å². The molecule has 7 N–H and O–H groups in total. The van der Waals surface area contributed by atoms with Crippen LogP contribution in [0.2, 0.25) is 0 Å². The highest BCUT2D eigenvalue weighted by Crippen LogP contribution is 2.26. The average Bonchev–Trinajstić information content (AvgIpc) is 2.87. The van der Waals surface area contributed by atoms with Gasteiger partial charge in [-0.15, -0.1) is 11.3 Å². The molecular weight excluding hydrogens is 232 g/mol. The monoisotopic (exact) mass is 240 g/mol. The van der Waals surface area contributed by atoms with Crippen LogP contribution in [0.5, 0.6) is 0 Å². The number of hydrogen-bond acceptors (Lipinski definition) is 6. The van der Waals surface area contributed by atoms with Crippen molar-refractivity contribution in [2.24, 2.45) is 11.7 Å². The van der Waals surface area contributed by atoms with E-state index in [1.54, 1.807) is 5.38 Å². The summed E-state index contributed by atoms with van der Waals surface area (Å²) in [5, 5.41) is 8.40. The Hall–Kier alpha value is -1.97. The Balaban J connectivity index is 2.64. The fourth-order valence-corrected chi connectivity index (χ4v) is 2.20. The Morgan fingerprint density at radius 1 is 1.31 bits per heavy atom. The normalized spacial score (nSPS) is 10.4. The van der Waals surface area contributed by atoms with E-state index in [1.807, 2.05) is 10.9 Å². The zero-order chi connectivity index (χ0) is 11.7. The summed E-state index contributed by atoms with van der Waals surface area (Å²) in [5.74, 6) is 8.98. The second-order valence-corrected chi connectivity index (χ2v) is 3.75. The van der Waals surface area contributed by atoms with E-state index in [-0.39, 0.29) is 11.3 Å². The molecule has 0 saturated heterocycles. The van der Waals surface area contributed by atoms with Gasteiger partial charge in [0.2, 0.25) is 0 Å². The molecule has 0 aliphatic rings. The topological polar surface area (TPSA) is 139 Å². The van der Waals surface area contributed by atoms with Crippen molar-refractivity contribution in [1.29, 1.82) is 0 Å². The Morgan fingerprint density at radius 2 is 2.00 bits per heavy atom. The maximum atomic E-state index is 11.4. The third-order valence-corrected chi connectivity index (χ3v) is 2.90. The molecule has 0 spiro atoms. The van der Waals surface area contributed by atoms with Gasteiger partial charge < -0.3 is 0 Å². The Morgan fingerprint density at radius 3 is 2.62 bits per heavy atom. The van der Waals surface area contributed by atoms with E-state index in [1.165, 1.54) is 11.3 Å². The summed E-state index contributed by atoms with van der Waals surface area (Å²) in [5.41, 5.74) is 4.30. The number of fused-ring (bicyclic) bond motifs is 1. The van der Waals surface area contributed by atoms with Gasteiger partial charge >= 0.3 is 0 Å². The number of hydrogen-bond donors (Lipinski definition) is 5. The number of H-pyrrole nitrogens is 1. The quantitative estimate of drug-likeness (QED) is 0.256. The first-order valence-corrected chi connectivity index (χ1v) is 5.04. The van der Waals surface area contributed by atoms with E-state index in [4.69, 9.17) is 11.7 Å². The molecular formula is C7H8N6O2S. The van der Waals surface area contributed by atoms with Crippen LogP contribution < -0.4 is 22.5 Å². The van der Waals surface area contributed by atoms with E-state index in [9.17, 15) is 9.59 Å². The van der Waals surface area contributed by atoms with E-state index < -0.39 is 11.8 Å². The smallest absolute Gasteiger partial charge is 0.286 e. The van der Waals surface area contributed by atoms with Gasteiger partial charge in [0, 0.05) is 5.38 Å². The van der Waals surface area contributed by atoms with Gasteiger partial charge in [0.15, 0.2) is 5.69 Å². The first kappa shape index (κ1) is 10.5. The number of rotatable bonds is 2. The number of nitrogens with zero attached hydrogens (tertiary/aromatic N) is 1. The third kappa shape index (κ3) is 1.43. The van der Waals surface area contributed by atoms with E-state index in [0.29, 0.717) is 10.2 Å². The van der Waals surface area contributed by atoms with E-state index in [2.05, 4.69) is 10.2 Å². The molecule has 84 valence electrons. The average molecular weight is 240 g/mol. The second kappa shape index (κ2) is 3.89. The van der Waals surface area contributed by atoms with Crippen molar-refractivity contribution < 1.29 is 9.59 Å². The van der Waals surface area contributed by atoms with Gasteiger partial charge in [0.1, 0.15) is 4.83 Å². The molecule has 2 aromatic rings. The molecule has 2 rings (SSSR count). The van der Waals surface area contributed by atoms with Crippen molar-refractivity contribution in [3.63, 3.8) is 0 Å². The van der Waals surface area contributed by atoms with Gasteiger partial charge in [-0.05, 0) is 0 Å². The highest BCUT2D eigenvalue weighted by atomic mass is 32.1. The number of carbonyl (C=O) groups is 2. The first-order valence-electron chi connectivity index (χ1n) is 4.16. The molecule has 2 amide bonds. The Labute approximate surface area is 92.9 Å². The summed E-state index contributed by atoms with van der Waals surface area (Å²) in [7, 11) is 0. The van der Waals surface area contributed by atoms with Gasteiger partial charge in [0.25, 0.3) is 11.8 Å². The largest absolute Gasteiger partial charge is 0.290 e. The van der Waals surface area contributed by atoms with Gasteiger partial charge in [0.05, 0.1) is 10.9 Å². The summed E-state index contributed by atoms with van der Waals surface area (Å²) in [4.78, 5) is 23.4. The second-order valence-electron chi connectivity index (χ2n) is 2.87. The first-order chi connectivity index (χ1) is 7.69. The third-order valence-electron chi connectivity index (χ3n) is 2.02. The lowest BCUT2D eigenvalue weighted by molar-refractivity contribution is 0.0949. The van der Waals surface area contributed by atoms with Crippen molar-refractivity contribution in [1.82, 2.24) is 21.0 Å². The number of amides is 2. The van der Waals surface area contributed by atoms with Gasteiger partial charge in [-0.25, -0.2) is 11.7 Å². The van der Waals surface area contributed by atoms with Crippen LogP contribution in [0.15, 0.2) is 5.38 Å². The van der Waals surface area contributed by atoms with Crippen molar-refractivity contribution in [3.8, 4) is 0 Å². The lowest BCUT2D eigenvalue weighted by Crippen LogP contribution is -2.32. The van der Waals surface area contributed by atoms with Crippen LogP contribution >= 0.6 is 11.3 Å². The van der Waals surface area contributed by atoms with Crippen LogP contribution in [0.4, 0.5) is 0 Å². The summed E-state index contributed by atoms with van der Waals surface area (Å²) in [6.07, 6.45) is 0. The van der Waals surface area contributed by atoms with E-state index >= 15 is 0 Å². The summed E-state index contributed by atoms with van der Waals surface area (Å²) < 4.78 is 0. The van der Waals surface area contributed by atoms with Gasteiger partial charge in [-0.3, -0.25) is 25.5 Å². The molecule has 0 unspecified atom stereocenters. The molecule has 9 heteroatoms. The minimum Gasteiger partial charge on any atom is -0.290 e. The molecule has 0 aromatic carbocycles. The van der Waals surface area contributed by atoms with Crippen molar-refractivity contribution in [2.45, 2.75) is 0 Å². The molecule has 0 aliphatic carbocycles. The van der Waals surface area contributed by atoms with Crippen LogP contribution in [0, 0.1) is 0 Å². The SMILES string of the molecule is NNC(=O)c1csc2[nH]nc(C(=O)NN)c12. The zero-order valence-corrected chi connectivity index (χ0v) is 8.72. The van der Waals surface area contributed by atoms with E-state index in [0.717, 1.165) is 0 Å². The standard InChI is InChI=1S/C7H8N6O2S/c8-10-5(14)2-1-16-7-3(2)4(12-13-7)6(15)11-9/h1H,8-9H2,(H,10,14)(H,11,15)(H,12,13). The molecule has 8 nitrogen and oxygen atoms in total. The predicted octanol–water partition coefficient (Wildman–Crippen LogP) is -1.17. The maximum absolute atomic E-state index is 11.4. The van der Waals surface area contributed by atoms with Crippen LogP contribution in [0.3, 0.4) is 0 Å². The molecule has 0 atom stereocenters. The van der Waals surface area contributed by atoms with Crippen LogP contribution in [-0.2, 0) is 0 Å². The molecule has 0 fully saturated rings. The van der Waals surface area contributed by atoms with Crippen LogP contribution in [0.1, 0.15) is 20.8 Å². The summed E-state index contributed by atoms with van der Waals surface area (Å²) >= 11 is 1.25. The highest BCUT2D eigenvalue weighted by molar-refractivity contribution is 7.17. The number of nitrogen functional groups attached to an aromatic ring is 2. The molecule has 2 aromatic heterocycles. The number of nitrogens with two attached hydrogens (primary N) is 2. The highest BCUT2D eigenvalue weighted by Gasteiger charge is 2.21. The number of aromatic amines is 1. The van der Waals surface area contributed by atoms with Crippen LogP contribution in [-0.4, -0.2) is 22.0 Å². The number of aromatic nitrogens is 2.